The van der Waals surface area contributed by atoms with Gasteiger partial charge in [-0.05, 0) is 42.3 Å². The van der Waals surface area contributed by atoms with Gasteiger partial charge in [-0.2, -0.15) is 4.68 Å². The summed E-state index contributed by atoms with van der Waals surface area (Å²) in [5, 5.41) is 10.6. The molecule has 3 aromatic rings. The lowest BCUT2D eigenvalue weighted by atomic mass is 10.0. The number of amides is 1. The van der Waals surface area contributed by atoms with Gasteiger partial charge in [-0.3, -0.25) is 9.59 Å². The van der Waals surface area contributed by atoms with E-state index >= 15 is 0 Å². The highest BCUT2D eigenvalue weighted by Gasteiger charge is 2.26. The van der Waals surface area contributed by atoms with E-state index in [-0.39, 0.29) is 11.5 Å². The van der Waals surface area contributed by atoms with Crippen molar-refractivity contribution in [1.82, 2.24) is 20.3 Å². The molecule has 29 heavy (non-hydrogen) atoms. The SMILES string of the molecule is CC(C)[C@H](NC(=O)c1ccc(F)cc1)C(=O)OCn1nnc2ccccc2c1=O. The molecule has 0 saturated carbocycles. The van der Waals surface area contributed by atoms with E-state index in [0.717, 1.165) is 16.8 Å². The van der Waals surface area contributed by atoms with Crippen molar-refractivity contribution in [2.75, 3.05) is 0 Å². The van der Waals surface area contributed by atoms with Crippen molar-refractivity contribution in [2.24, 2.45) is 5.92 Å². The molecule has 9 heteroatoms. The first-order valence-corrected chi connectivity index (χ1v) is 8.92. The molecule has 1 atom stereocenters. The molecule has 3 rings (SSSR count). The van der Waals surface area contributed by atoms with Gasteiger partial charge in [0.15, 0.2) is 6.73 Å². The fourth-order valence-electron chi connectivity index (χ4n) is 2.65. The van der Waals surface area contributed by atoms with E-state index in [1.165, 1.54) is 12.1 Å². The van der Waals surface area contributed by atoms with E-state index in [1.807, 2.05) is 0 Å². The van der Waals surface area contributed by atoms with Crippen molar-refractivity contribution in [1.29, 1.82) is 0 Å². The van der Waals surface area contributed by atoms with Crippen LogP contribution in [0.15, 0.2) is 53.3 Å². The van der Waals surface area contributed by atoms with Crippen LogP contribution >= 0.6 is 0 Å². The highest BCUT2D eigenvalue weighted by Crippen LogP contribution is 2.09. The lowest BCUT2D eigenvalue weighted by Gasteiger charge is -2.21. The summed E-state index contributed by atoms with van der Waals surface area (Å²) in [6.07, 6.45) is 0. The Morgan fingerprint density at radius 3 is 2.52 bits per heavy atom. The molecule has 1 heterocycles. The summed E-state index contributed by atoms with van der Waals surface area (Å²) in [5.74, 6) is -2.02. The topological polar surface area (TPSA) is 103 Å². The van der Waals surface area contributed by atoms with Crippen LogP contribution in [0.1, 0.15) is 24.2 Å². The van der Waals surface area contributed by atoms with E-state index in [1.54, 1.807) is 38.1 Å². The molecule has 150 valence electrons. The van der Waals surface area contributed by atoms with Crippen LogP contribution in [0.3, 0.4) is 0 Å². The van der Waals surface area contributed by atoms with Crippen molar-refractivity contribution in [2.45, 2.75) is 26.6 Å². The largest absolute Gasteiger partial charge is 0.441 e. The van der Waals surface area contributed by atoms with Gasteiger partial charge in [0, 0.05) is 5.56 Å². The predicted octanol–water partition coefficient (Wildman–Crippen LogP) is 1.89. The molecular weight excluding hydrogens is 379 g/mol. The monoisotopic (exact) mass is 398 g/mol. The van der Waals surface area contributed by atoms with Gasteiger partial charge in [0.05, 0.1) is 5.39 Å². The van der Waals surface area contributed by atoms with Crippen LogP contribution in [-0.2, 0) is 16.3 Å². The number of aromatic nitrogens is 3. The molecule has 0 aliphatic carbocycles. The van der Waals surface area contributed by atoms with Gasteiger partial charge >= 0.3 is 5.97 Å². The maximum Gasteiger partial charge on any atom is 0.330 e. The number of hydrogen-bond donors (Lipinski definition) is 1. The average Bonchev–Trinajstić information content (AvgIpc) is 2.71. The van der Waals surface area contributed by atoms with E-state index in [2.05, 4.69) is 15.6 Å². The molecule has 0 spiro atoms. The van der Waals surface area contributed by atoms with Gasteiger partial charge in [-0.15, -0.1) is 5.10 Å². The third-order valence-corrected chi connectivity index (χ3v) is 4.27. The Labute approximate surface area is 165 Å². The molecule has 0 aliphatic rings. The molecule has 0 unspecified atom stereocenters. The normalized spacial score (nSPS) is 12.0. The summed E-state index contributed by atoms with van der Waals surface area (Å²) < 4.78 is 19.1. The molecule has 1 N–H and O–H groups in total. The Morgan fingerprint density at radius 2 is 1.83 bits per heavy atom. The highest BCUT2D eigenvalue weighted by atomic mass is 19.1. The van der Waals surface area contributed by atoms with Crippen molar-refractivity contribution < 1.29 is 18.7 Å². The minimum atomic E-state index is -0.961. The predicted molar refractivity (Wildman–Crippen MR) is 102 cm³/mol. The third-order valence-electron chi connectivity index (χ3n) is 4.27. The molecule has 0 aliphatic heterocycles. The smallest absolute Gasteiger partial charge is 0.330 e. The van der Waals surface area contributed by atoms with Crippen LogP contribution in [0.5, 0.6) is 0 Å². The minimum Gasteiger partial charge on any atom is -0.441 e. The fraction of sp³-hybridized carbons (Fsp3) is 0.250. The number of esters is 1. The zero-order valence-corrected chi connectivity index (χ0v) is 15.8. The number of carbonyl (C=O) groups excluding carboxylic acids is 2. The van der Waals surface area contributed by atoms with Gasteiger partial charge in [-0.25, -0.2) is 9.18 Å². The lowest BCUT2D eigenvalue weighted by Crippen LogP contribution is -2.45. The van der Waals surface area contributed by atoms with Crippen LogP contribution in [0.25, 0.3) is 10.9 Å². The van der Waals surface area contributed by atoms with Crippen LogP contribution < -0.4 is 10.9 Å². The number of hydrogen-bond acceptors (Lipinski definition) is 6. The van der Waals surface area contributed by atoms with E-state index in [0.29, 0.717) is 10.9 Å². The summed E-state index contributed by atoms with van der Waals surface area (Å²) in [5.41, 5.74) is 0.202. The molecule has 0 bridgehead atoms. The van der Waals surface area contributed by atoms with Gasteiger partial charge < -0.3 is 10.1 Å². The summed E-state index contributed by atoms with van der Waals surface area (Å²) in [7, 11) is 0. The number of benzene rings is 2. The van der Waals surface area contributed by atoms with Crippen LogP contribution in [0, 0.1) is 11.7 Å². The van der Waals surface area contributed by atoms with Crippen molar-refractivity contribution in [3.63, 3.8) is 0 Å². The van der Waals surface area contributed by atoms with Crippen molar-refractivity contribution in [3.05, 3.63) is 70.3 Å². The second-order valence-electron chi connectivity index (χ2n) is 6.71. The van der Waals surface area contributed by atoms with Gasteiger partial charge in [0.25, 0.3) is 11.5 Å². The molecule has 2 aromatic carbocycles. The third kappa shape index (κ3) is 4.63. The Balaban J connectivity index is 1.70. The minimum absolute atomic E-state index is 0.210. The summed E-state index contributed by atoms with van der Waals surface area (Å²) in [4.78, 5) is 37.2. The molecule has 0 fully saturated rings. The van der Waals surface area contributed by atoms with Crippen LogP contribution in [0.4, 0.5) is 4.39 Å². The van der Waals surface area contributed by atoms with Crippen LogP contribution in [0.2, 0.25) is 0 Å². The van der Waals surface area contributed by atoms with Crippen LogP contribution in [-0.4, -0.2) is 32.9 Å². The zero-order chi connectivity index (χ0) is 21.0. The molecule has 1 amide bonds. The Morgan fingerprint density at radius 1 is 1.14 bits per heavy atom. The van der Waals surface area contributed by atoms with Crippen molar-refractivity contribution >= 4 is 22.8 Å². The first kappa shape index (κ1) is 20.1. The number of ether oxygens (including phenoxy) is 1. The van der Waals surface area contributed by atoms with E-state index < -0.39 is 36.0 Å². The highest BCUT2D eigenvalue weighted by molar-refractivity contribution is 5.96. The Bertz CT molecular complexity index is 1100. The molecule has 0 radical (unpaired) electrons. The van der Waals surface area contributed by atoms with Gasteiger partial charge in [0.1, 0.15) is 17.4 Å². The lowest BCUT2D eigenvalue weighted by molar-refractivity contribution is -0.151. The molecule has 0 saturated heterocycles. The van der Waals surface area contributed by atoms with E-state index in [4.69, 9.17) is 4.74 Å². The quantitative estimate of drug-likeness (QED) is 0.636. The van der Waals surface area contributed by atoms with Gasteiger partial charge in [0.2, 0.25) is 0 Å². The average molecular weight is 398 g/mol. The first-order valence-electron chi connectivity index (χ1n) is 8.92. The maximum atomic E-state index is 13.0. The maximum absolute atomic E-state index is 13.0. The number of carbonyl (C=O) groups is 2. The summed E-state index contributed by atoms with van der Waals surface area (Å²) in [6.45, 7) is 3.03. The van der Waals surface area contributed by atoms with E-state index in [9.17, 15) is 18.8 Å². The first-order chi connectivity index (χ1) is 13.9. The molecular formula is C20H19FN4O4. The second kappa shape index (κ2) is 8.59. The summed E-state index contributed by atoms with van der Waals surface area (Å²) >= 11 is 0. The number of rotatable bonds is 6. The molecule has 1 aromatic heterocycles. The Kier molecular flexibility index (Phi) is 5.96. The van der Waals surface area contributed by atoms with Crippen molar-refractivity contribution in [3.8, 4) is 0 Å². The fourth-order valence-corrected chi connectivity index (χ4v) is 2.65. The number of nitrogens with one attached hydrogen (secondary N) is 1. The zero-order valence-electron chi connectivity index (χ0n) is 15.8. The number of nitrogens with zero attached hydrogens (tertiary/aromatic N) is 3. The standard InChI is InChI=1S/C20H19FN4O4/c1-12(2)17(22-18(26)13-7-9-14(21)10-8-13)20(28)29-11-25-19(27)15-5-3-4-6-16(15)23-24-25/h3-10,12,17H,11H2,1-2H3,(H,22,26)/t17-/m0/s1. The molecule has 8 nitrogen and oxygen atoms in total. The number of fused-ring (bicyclic) bond motifs is 1. The Hall–Kier alpha value is -3.62. The van der Waals surface area contributed by atoms with Gasteiger partial charge in [-0.1, -0.05) is 31.2 Å². The summed E-state index contributed by atoms with van der Waals surface area (Å²) in [6, 6.07) is 10.7. The second-order valence-corrected chi connectivity index (χ2v) is 6.71. The number of halogens is 1.